The molecule has 8 heteroatoms. The lowest BCUT2D eigenvalue weighted by molar-refractivity contribution is -0.117. The van der Waals surface area contributed by atoms with Gasteiger partial charge in [0.15, 0.2) is 0 Å². The van der Waals surface area contributed by atoms with E-state index in [0.717, 1.165) is 0 Å². The van der Waals surface area contributed by atoms with E-state index in [1.807, 2.05) is 6.07 Å². The second-order valence-electron chi connectivity index (χ2n) is 4.12. The number of carbonyl (C=O) groups is 1. The zero-order valence-corrected chi connectivity index (χ0v) is 11.8. The molecule has 0 saturated carbocycles. The molecule has 1 unspecified atom stereocenters. The predicted octanol–water partition coefficient (Wildman–Crippen LogP) is 1.89. The lowest BCUT2D eigenvalue weighted by atomic mass is 10.2. The second kappa shape index (κ2) is 5.00. The molecule has 1 heterocycles. The monoisotopic (exact) mass is 318 g/mol. The number of amides is 1. The van der Waals surface area contributed by atoms with E-state index < -0.39 is 14.3 Å². The van der Waals surface area contributed by atoms with E-state index >= 15 is 0 Å². The molecule has 0 spiro atoms. The van der Waals surface area contributed by atoms with E-state index in [1.54, 1.807) is 0 Å². The third kappa shape index (κ3) is 3.00. The molecule has 19 heavy (non-hydrogen) atoms. The fourth-order valence-corrected chi connectivity index (χ4v) is 3.16. The molecular formula is C11H8Cl2N2O3S. The molecule has 0 N–H and O–H groups in total. The molecule has 1 fully saturated rings. The topological polar surface area (TPSA) is 78.2 Å². The molecule has 5 nitrogen and oxygen atoms in total. The first kappa shape index (κ1) is 14.1. The molecule has 0 aromatic heterocycles. The van der Waals surface area contributed by atoms with Crippen LogP contribution in [0.5, 0.6) is 0 Å². The van der Waals surface area contributed by atoms with E-state index in [4.69, 9.17) is 27.5 Å². The van der Waals surface area contributed by atoms with Crippen molar-refractivity contribution in [2.24, 2.45) is 0 Å². The molecule has 0 bridgehead atoms. The van der Waals surface area contributed by atoms with Crippen LogP contribution in [-0.2, 0) is 13.8 Å². The van der Waals surface area contributed by atoms with Crippen LogP contribution >= 0.6 is 22.3 Å². The van der Waals surface area contributed by atoms with Gasteiger partial charge in [-0.2, -0.15) is 5.26 Å². The van der Waals surface area contributed by atoms with Gasteiger partial charge in [-0.15, -0.1) is 0 Å². The van der Waals surface area contributed by atoms with Crippen LogP contribution in [0.2, 0.25) is 5.02 Å². The Balaban J connectivity index is 2.36. The number of nitriles is 1. The van der Waals surface area contributed by atoms with Crippen molar-refractivity contribution in [1.82, 2.24) is 0 Å². The highest BCUT2D eigenvalue weighted by Gasteiger charge is 2.38. The van der Waals surface area contributed by atoms with Gasteiger partial charge in [-0.05, 0) is 18.2 Å². The maximum atomic E-state index is 11.8. The quantitative estimate of drug-likeness (QED) is 0.780. The highest BCUT2D eigenvalue weighted by molar-refractivity contribution is 8.14. The molecule has 1 atom stereocenters. The van der Waals surface area contributed by atoms with Crippen LogP contribution in [0.1, 0.15) is 12.0 Å². The van der Waals surface area contributed by atoms with Crippen LogP contribution in [0.15, 0.2) is 18.2 Å². The smallest absolute Gasteiger partial charge is 0.237 e. The summed E-state index contributed by atoms with van der Waals surface area (Å²) in [4.78, 5) is 13.1. The summed E-state index contributed by atoms with van der Waals surface area (Å²) in [6.45, 7) is -0.0319. The van der Waals surface area contributed by atoms with E-state index in [1.165, 1.54) is 23.1 Å². The molecule has 1 aromatic rings. The minimum Gasteiger partial charge on any atom is -0.311 e. The lowest BCUT2D eigenvalue weighted by Crippen LogP contribution is -2.26. The summed E-state index contributed by atoms with van der Waals surface area (Å²) in [6.07, 6.45) is -0.166. The number of rotatable bonds is 2. The number of halogens is 2. The van der Waals surface area contributed by atoms with Gasteiger partial charge in [0.2, 0.25) is 15.0 Å². The van der Waals surface area contributed by atoms with Gasteiger partial charge in [-0.1, -0.05) is 11.6 Å². The Morgan fingerprint density at radius 2 is 2.05 bits per heavy atom. The Labute approximate surface area is 119 Å². The summed E-state index contributed by atoms with van der Waals surface area (Å²) in [6, 6.07) is 6.36. The Kier molecular flexibility index (Phi) is 3.72. The van der Waals surface area contributed by atoms with Crippen molar-refractivity contribution < 1.29 is 13.2 Å². The number of nitrogens with zero attached hydrogens (tertiary/aromatic N) is 2. The Morgan fingerprint density at radius 3 is 2.58 bits per heavy atom. The van der Waals surface area contributed by atoms with Crippen molar-refractivity contribution in [3.63, 3.8) is 0 Å². The van der Waals surface area contributed by atoms with Crippen LogP contribution in [0, 0.1) is 11.3 Å². The second-order valence-corrected chi connectivity index (χ2v) is 7.46. The SMILES string of the molecule is N#Cc1cc(Cl)cc(N2CC(S(=O)(=O)Cl)CC2=O)c1. The fourth-order valence-electron chi connectivity index (χ4n) is 1.91. The largest absolute Gasteiger partial charge is 0.311 e. The van der Waals surface area contributed by atoms with Crippen LogP contribution in [0.25, 0.3) is 0 Å². The molecular weight excluding hydrogens is 311 g/mol. The van der Waals surface area contributed by atoms with Gasteiger partial charge in [-0.3, -0.25) is 4.79 Å². The zero-order chi connectivity index (χ0) is 14.2. The van der Waals surface area contributed by atoms with Gasteiger partial charge in [0.25, 0.3) is 0 Å². The normalized spacial score (nSPS) is 19.5. The molecule has 2 rings (SSSR count). The van der Waals surface area contributed by atoms with Gasteiger partial charge in [0.1, 0.15) is 5.25 Å². The van der Waals surface area contributed by atoms with Crippen molar-refractivity contribution in [2.45, 2.75) is 11.7 Å². The molecule has 1 saturated heterocycles. The maximum absolute atomic E-state index is 11.8. The Morgan fingerprint density at radius 1 is 1.37 bits per heavy atom. The first-order valence-electron chi connectivity index (χ1n) is 5.26. The lowest BCUT2D eigenvalue weighted by Gasteiger charge is -2.16. The van der Waals surface area contributed by atoms with Crippen LogP contribution < -0.4 is 4.90 Å². The average Bonchev–Trinajstić information content (AvgIpc) is 2.70. The minimum atomic E-state index is -3.79. The van der Waals surface area contributed by atoms with Crippen molar-refractivity contribution >= 4 is 42.9 Å². The van der Waals surface area contributed by atoms with Gasteiger partial charge in [0, 0.05) is 34.4 Å². The fraction of sp³-hybridized carbons (Fsp3) is 0.273. The summed E-state index contributed by atoms with van der Waals surface area (Å²) in [7, 11) is 1.47. The minimum absolute atomic E-state index is 0.0319. The number of hydrogen-bond donors (Lipinski definition) is 0. The molecule has 1 aliphatic heterocycles. The van der Waals surface area contributed by atoms with Crippen molar-refractivity contribution in [1.29, 1.82) is 5.26 Å². The standard InChI is InChI=1S/C11H8Cl2N2O3S/c12-8-1-7(5-14)2-9(3-8)15-6-10(4-11(15)16)19(13,17)18/h1-3,10H,4,6H2. The van der Waals surface area contributed by atoms with E-state index in [-0.39, 0.29) is 18.9 Å². The highest BCUT2D eigenvalue weighted by Crippen LogP contribution is 2.29. The summed E-state index contributed by atoms with van der Waals surface area (Å²) in [5, 5.41) is 8.21. The van der Waals surface area contributed by atoms with Gasteiger partial charge in [-0.25, -0.2) is 8.42 Å². The first-order chi connectivity index (χ1) is 8.81. The van der Waals surface area contributed by atoms with E-state index in [9.17, 15) is 13.2 Å². The molecule has 0 aliphatic carbocycles. The number of carbonyl (C=O) groups excluding carboxylic acids is 1. The van der Waals surface area contributed by atoms with Crippen LogP contribution in [0.4, 0.5) is 5.69 Å². The number of hydrogen-bond acceptors (Lipinski definition) is 4. The van der Waals surface area contributed by atoms with Crippen molar-refractivity contribution in [3.8, 4) is 6.07 Å². The summed E-state index contributed by atoms with van der Waals surface area (Å²) in [5.41, 5.74) is 0.698. The molecule has 1 aliphatic rings. The Hall–Kier alpha value is -1.29. The summed E-state index contributed by atoms with van der Waals surface area (Å²) >= 11 is 5.85. The van der Waals surface area contributed by atoms with Crippen molar-refractivity contribution in [2.75, 3.05) is 11.4 Å². The summed E-state index contributed by atoms with van der Waals surface area (Å²) in [5.74, 6) is -0.361. The summed E-state index contributed by atoms with van der Waals surface area (Å²) < 4.78 is 22.5. The van der Waals surface area contributed by atoms with Crippen LogP contribution in [-0.4, -0.2) is 26.1 Å². The molecule has 0 radical (unpaired) electrons. The predicted molar refractivity (Wildman–Crippen MR) is 71.7 cm³/mol. The average molecular weight is 319 g/mol. The number of anilines is 1. The third-order valence-corrected chi connectivity index (χ3v) is 4.90. The van der Waals surface area contributed by atoms with Crippen LogP contribution in [0.3, 0.4) is 0 Å². The van der Waals surface area contributed by atoms with E-state index in [0.29, 0.717) is 16.3 Å². The van der Waals surface area contributed by atoms with Gasteiger partial charge in [0.05, 0.1) is 11.6 Å². The van der Waals surface area contributed by atoms with E-state index in [2.05, 4.69) is 0 Å². The van der Waals surface area contributed by atoms with Crippen molar-refractivity contribution in [3.05, 3.63) is 28.8 Å². The molecule has 1 aromatic carbocycles. The molecule has 1 amide bonds. The van der Waals surface area contributed by atoms with Gasteiger partial charge >= 0.3 is 0 Å². The first-order valence-corrected chi connectivity index (χ1v) is 8.01. The zero-order valence-electron chi connectivity index (χ0n) is 9.51. The Bertz CT molecular complexity index is 682. The number of benzene rings is 1. The third-order valence-electron chi connectivity index (χ3n) is 2.81. The maximum Gasteiger partial charge on any atom is 0.237 e. The molecule has 100 valence electrons. The van der Waals surface area contributed by atoms with Gasteiger partial charge < -0.3 is 4.90 Å². The highest BCUT2D eigenvalue weighted by atomic mass is 35.7.